The van der Waals surface area contributed by atoms with Gasteiger partial charge in [-0.25, -0.2) is 0 Å². The second-order valence-electron chi connectivity index (χ2n) is 6.85. The number of likely N-dealkylation sites (N-methyl/N-ethyl adjacent to an activating group) is 1. The number of carbonyl (C=O) groups is 1. The Labute approximate surface area is 155 Å². The van der Waals surface area contributed by atoms with Gasteiger partial charge in [-0.1, -0.05) is 18.2 Å². The number of ether oxygens (including phenoxy) is 2. The van der Waals surface area contributed by atoms with Gasteiger partial charge in [-0.3, -0.25) is 4.79 Å². The zero-order valence-electron chi connectivity index (χ0n) is 15.7. The standard InChI is InChI=1S/C21H28N2O3/c1-17(24)25-14-3-4-15-26-19-9-8-18-6-5-7-21(20(18)16-19)23-12-10-22(2)11-13-23/h5-9,16H,3-4,10-15H2,1-2H3. The third kappa shape index (κ3) is 4.88. The Hall–Kier alpha value is -2.27. The molecule has 5 nitrogen and oxygen atoms in total. The van der Waals surface area contributed by atoms with E-state index >= 15 is 0 Å². The van der Waals surface area contributed by atoms with Gasteiger partial charge in [-0.2, -0.15) is 0 Å². The van der Waals surface area contributed by atoms with Crippen molar-refractivity contribution >= 4 is 22.4 Å². The van der Waals surface area contributed by atoms with Crippen LogP contribution in [-0.4, -0.2) is 57.3 Å². The monoisotopic (exact) mass is 356 g/mol. The molecule has 0 radical (unpaired) electrons. The molecule has 26 heavy (non-hydrogen) atoms. The summed E-state index contributed by atoms with van der Waals surface area (Å²) in [6.07, 6.45) is 1.69. The number of anilines is 1. The molecule has 1 heterocycles. The van der Waals surface area contributed by atoms with Crippen molar-refractivity contribution in [1.29, 1.82) is 0 Å². The Kier molecular flexibility index (Phi) is 6.34. The van der Waals surface area contributed by atoms with Gasteiger partial charge in [0, 0.05) is 44.2 Å². The van der Waals surface area contributed by atoms with E-state index in [-0.39, 0.29) is 5.97 Å². The van der Waals surface area contributed by atoms with Gasteiger partial charge in [0.2, 0.25) is 0 Å². The van der Waals surface area contributed by atoms with Gasteiger partial charge in [-0.15, -0.1) is 0 Å². The van der Waals surface area contributed by atoms with Crippen LogP contribution in [0.2, 0.25) is 0 Å². The van der Waals surface area contributed by atoms with Gasteiger partial charge in [0.25, 0.3) is 0 Å². The maximum absolute atomic E-state index is 10.7. The summed E-state index contributed by atoms with van der Waals surface area (Å²) in [5.74, 6) is 0.670. The Morgan fingerprint density at radius 2 is 1.81 bits per heavy atom. The van der Waals surface area contributed by atoms with E-state index in [4.69, 9.17) is 9.47 Å². The highest BCUT2D eigenvalue weighted by Crippen LogP contribution is 2.30. The van der Waals surface area contributed by atoms with Crippen LogP contribution in [0, 0.1) is 0 Å². The van der Waals surface area contributed by atoms with Gasteiger partial charge >= 0.3 is 5.97 Å². The molecule has 0 atom stereocenters. The molecule has 140 valence electrons. The minimum Gasteiger partial charge on any atom is -0.494 e. The molecule has 0 aliphatic carbocycles. The van der Waals surface area contributed by atoms with E-state index in [2.05, 4.69) is 47.2 Å². The summed E-state index contributed by atoms with van der Waals surface area (Å²) < 4.78 is 10.9. The van der Waals surface area contributed by atoms with Crippen molar-refractivity contribution in [3.05, 3.63) is 36.4 Å². The summed E-state index contributed by atoms with van der Waals surface area (Å²) in [4.78, 5) is 15.6. The number of benzene rings is 2. The number of rotatable bonds is 7. The highest BCUT2D eigenvalue weighted by atomic mass is 16.5. The summed E-state index contributed by atoms with van der Waals surface area (Å²) >= 11 is 0. The summed E-state index contributed by atoms with van der Waals surface area (Å²) in [5, 5.41) is 2.48. The number of nitrogens with zero attached hydrogens (tertiary/aromatic N) is 2. The molecule has 0 amide bonds. The fourth-order valence-electron chi connectivity index (χ4n) is 3.26. The van der Waals surface area contributed by atoms with Crippen molar-refractivity contribution in [2.75, 3.05) is 51.3 Å². The molecule has 0 bridgehead atoms. The molecule has 1 saturated heterocycles. The maximum Gasteiger partial charge on any atom is 0.302 e. The normalized spacial score (nSPS) is 15.2. The number of carbonyl (C=O) groups excluding carboxylic acids is 1. The topological polar surface area (TPSA) is 42.0 Å². The number of piperazine rings is 1. The van der Waals surface area contributed by atoms with Crippen molar-refractivity contribution in [2.45, 2.75) is 19.8 Å². The van der Waals surface area contributed by atoms with E-state index < -0.39 is 0 Å². The van der Waals surface area contributed by atoms with E-state index in [1.807, 2.05) is 6.07 Å². The average molecular weight is 356 g/mol. The first-order valence-corrected chi connectivity index (χ1v) is 9.36. The van der Waals surface area contributed by atoms with Crippen molar-refractivity contribution in [3.8, 4) is 5.75 Å². The van der Waals surface area contributed by atoms with Crippen LogP contribution in [0.3, 0.4) is 0 Å². The average Bonchev–Trinajstić information content (AvgIpc) is 2.64. The first-order chi connectivity index (χ1) is 12.6. The third-order valence-corrected chi connectivity index (χ3v) is 4.79. The molecule has 0 unspecified atom stereocenters. The Bertz CT molecular complexity index is 739. The predicted molar refractivity (Wildman–Crippen MR) is 105 cm³/mol. The van der Waals surface area contributed by atoms with Gasteiger partial charge in [0.1, 0.15) is 5.75 Å². The van der Waals surface area contributed by atoms with Gasteiger partial charge in [0.15, 0.2) is 0 Å². The summed E-state index contributed by atoms with van der Waals surface area (Å²) in [6.45, 7) is 6.81. The lowest BCUT2D eigenvalue weighted by molar-refractivity contribution is -0.141. The quantitative estimate of drug-likeness (QED) is 0.562. The zero-order chi connectivity index (χ0) is 18.4. The van der Waals surface area contributed by atoms with Crippen molar-refractivity contribution in [3.63, 3.8) is 0 Å². The van der Waals surface area contributed by atoms with Crippen molar-refractivity contribution in [1.82, 2.24) is 4.90 Å². The fraction of sp³-hybridized carbons (Fsp3) is 0.476. The molecule has 5 heteroatoms. The first kappa shape index (κ1) is 18.5. The van der Waals surface area contributed by atoms with Gasteiger partial charge in [0.05, 0.1) is 13.2 Å². The Morgan fingerprint density at radius 3 is 2.58 bits per heavy atom. The number of hydrogen-bond acceptors (Lipinski definition) is 5. The molecule has 1 aliphatic heterocycles. The van der Waals surface area contributed by atoms with E-state index in [1.165, 1.54) is 23.4 Å². The Balaban J connectivity index is 1.63. The van der Waals surface area contributed by atoms with Crippen LogP contribution < -0.4 is 9.64 Å². The van der Waals surface area contributed by atoms with Gasteiger partial charge < -0.3 is 19.3 Å². The van der Waals surface area contributed by atoms with Crippen molar-refractivity contribution < 1.29 is 14.3 Å². The molecule has 0 N–H and O–H groups in total. The largest absolute Gasteiger partial charge is 0.494 e. The van der Waals surface area contributed by atoms with Crippen LogP contribution in [0.25, 0.3) is 10.8 Å². The van der Waals surface area contributed by atoms with Crippen LogP contribution in [0.1, 0.15) is 19.8 Å². The zero-order valence-corrected chi connectivity index (χ0v) is 15.7. The highest BCUT2D eigenvalue weighted by Gasteiger charge is 2.16. The van der Waals surface area contributed by atoms with Crippen LogP contribution in [0.5, 0.6) is 5.75 Å². The second kappa shape index (κ2) is 8.90. The van der Waals surface area contributed by atoms with E-state index in [1.54, 1.807) is 0 Å². The van der Waals surface area contributed by atoms with Crippen LogP contribution in [0.4, 0.5) is 5.69 Å². The molecule has 1 aliphatic rings. The number of fused-ring (bicyclic) bond motifs is 1. The third-order valence-electron chi connectivity index (χ3n) is 4.79. The minimum atomic E-state index is -0.225. The lowest BCUT2D eigenvalue weighted by Crippen LogP contribution is -2.44. The molecule has 2 aromatic carbocycles. The summed E-state index contributed by atoms with van der Waals surface area (Å²) in [7, 11) is 2.17. The molecular weight excluding hydrogens is 328 g/mol. The van der Waals surface area contributed by atoms with E-state index in [0.717, 1.165) is 44.8 Å². The highest BCUT2D eigenvalue weighted by molar-refractivity contribution is 5.95. The number of esters is 1. The Morgan fingerprint density at radius 1 is 1.04 bits per heavy atom. The number of hydrogen-bond donors (Lipinski definition) is 0. The lowest BCUT2D eigenvalue weighted by atomic mass is 10.1. The lowest BCUT2D eigenvalue weighted by Gasteiger charge is -2.34. The number of unbranched alkanes of at least 4 members (excludes halogenated alkanes) is 1. The fourth-order valence-corrected chi connectivity index (χ4v) is 3.26. The molecule has 0 spiro atoms. The summed E-state index contributed by atoms with van der Waals surface area (Å²) in [6, 6.07) is 12.8. The second-order valence-corrected chi connectivity index (χ2v) is 6.85. The van der Waals surface area contributed by atoms with Crippen molar-refractivity contribution in [2.24, 2.45) is 0 Å². The molecule has 3 rings (SSSR count). The maximum atomic E-state index is 10.7. The summed E-state index contributed by atoms with van der Waals surface area (Å²) in [5.41, 5.74) is 1.29. The molecule has 1 fully saturated rings. The van der Waals surface area contributed by atoms with Crippen LogP contribution >= 0.6 is 0 Å². The smallest absolute Gasteiger partial charge is 0.302 e. The minimum absolute atomic E-state index is 0.225. The predicted octanol–water partition coefficient (Wildman–Crippen LogP) is 3.31. The first-order valence-electron chi connectivity index (χ1n) is 9.36. The van der Waals surface area contributed by atoms with E-state index in [9.17, 15) is 4.79 Å². The van der Waals surface area contributed by atoms with Crippen LogP contribution in [0.15, 0.2) is 36.4 Å². The SMILES string of the molecule is CC(=O)OCCCCOc1ccc2cccc(N3CCN(C)CC3)c2c1. The molecular formula is C21H28N2O3. The van der Waals surface area contributed by atoms with E-state index in [0.29, 0.717) is 13.2 Å². The molecule has 0 saturated carbocycles. The van der Waals surface area contributed by atoms with Gasteiger partial charge in [-0.05, 0) is 43.5 Å². The van der Waals surface area contributed by atoms with Crippen LogP contribution in [-0.2, 0) is 9.53 Å². The molecule has 2 aromatic rings. The molecule has 0 aromatic heterocycles.